The molecule has 2 aromatic rings. The van der Waals surface area contributed by atoms with Crippen LogP contribution in [0.3, 0.4) is 0 Å². The zero-order chi connectivity index (χ0) is 25.4. The minimum absolute atomic E-state index is 0.0307. The molecular formula is C23H29FN4O6. The molecule has 184 valence electrons. The maximum absolute atomic E-state index is 13.7. The predicted octanol–water partition coefficient (Wildman–Crippen LogP) is 1.57. The lowest BCUT2D eigenvalue weighted by Crippen LogP contribution is -2.45. The monoisotopic (exact) mass is 476 g/mol. The van der Waals surface area contributed by atoms with Gasteiger partial charge in [0.25, 0.3) is 5.56 Å². The van der Waals surface area contributed by atoms with Gasteiger partial charge in [0, 0.05) is 25.2 Å². The zero-order valence-electron chi connectivity index (χ0n) is 19.9. The van der Waals surface area contributed by atoms with Crippen LogP contribution < -0.4 is 21.3 Å². The van der Waals surface area contributed by atoms with Crippen molar-refractivity contribution in [2.24, 2.45) is 11.1 Å². The third kappa shape index (κ3) is 6.40. The summed E-state index contributed by atoms with van der Waals surface area (Å²) in [6, 6.07) is 3.49. The number of nitrogens with zero attached hydrogens (tertiary/aromatic N) is 3. The van der Waals surface area contributed by atoms with Crippen molar-refractivity contribution in [1.29, 1.82) is 0 Å². The first-order valence-corrected chi connectivity index (χ1v) is 10.8. The van der Waals surface area contributed by atoms with Crippen LogP contribution in [0.15, 0.2) is 39.1 Å². The summed E-state index contributed by atoms with van der Waals surface area (Å²) in [5, 5.41) is 6.51. The van der Waals surface area contributed by atoms with Gasteiger partial charge in [0.15, 0.2) is 5.78 Å². The SMILES string of the molecule is CCO/N=C(\C)c1cn(CC(=O)c2cc(F)ccc2OC)c(=O)n(CCNC(=O)C(C)C)c1=O. The van der Waals surface area contributed by atoms with Crippen molar-refractivity contribution < 1.29 is 23.6 Å². The number of halogens is 1. The first-order chi connectivity index (χ1) is 16.1. The van der Waals surface area contributed by atoms with Crippen molar-refractivity contribution >= 4 is 17.4 Å². The molecule has 0 aliphatic heterocycles. The van der Waals surface area contributed by atoms with Gasteiger partial charge < -0.3 is 14.9 Å². The Bertz CT molecular complexity index is 1200. The largest absolute Gasteiger partial charge is 0.496 e. The van der Waals surface area contributed by atoms with Gasteiger partial charge in [-0.1, -0.05) is 19.0 Å². The van der Waals surface area contributed by atoms with E-state index >= 15 is 0 Å². The molecule has 10 nitrogen and oxygen atoms in total. The van der Waals surface area contributed by atoms with Gasteiger partial charge in [-0.15, -0.1) is 0 Å². The molecule has 0 aliphatic carbocycles. The normalized spacial score (nSPS) is 11.4. The number of Topliss-reactive ketones (excluding diaryl/α,β-unsaturated/α-hetero) is 1. The summed E-state index contributed by atoms with van der Waals surface area (Å²) in [4.78, 5) is 55.9. The highest BCUT2D eigenvalue weighted by Crippen LogP contribution is 2.20. The zero-order valence-corrected chi connectivity index (χ0v) is 19.9. The number of ketones is 1. The topological polar surface area (TPSA) is 121 Å². The molecule has 0 saturated heterocycles. The van der Waals surface area contributed by atoms with Crippen molar-refractivity contribution in [3.05, 3.63) is 62.2 Å². The fourth-order valence-corrected chi connectivity index (χ4v) is 3.06. The first-order valence-electron chi connectivity index (χ1n) is 10.8. The van der Waals surface area contributed by atoms with E-state index in [1.54, 1.807) is 20.8 Å². The average molecular weight is 477 g/mol. The second-order valence-electron chi connectivity index (χ2n) is 7.72. The molecule has 0 saturated carbocycles. The molecule has 0 fully saturated rings. The minimum Gasteiger partial charge on any atom is -0.496 e. The lowest BCUT2D eigenvalue weighted by molar-refractivity contribution is -0.124. The predicted molar refractivity (Wildman–Crippen MR) is 124 cm³/mol. The van der Waals surface area contributed by atoms with Gasteiger partial charge in [-0.05, 0) is 32.0 Å². The van der Waals surface area contributed by atoms with E-state index in [2.05, 4.69) is 10.5 Å². The van der Waals surface area contributed by atoms with Crippen LogP contribution in [-0.4, -0.2) is 46.8 Å². The second kappa shape index (κ2) is 11.9. The highest BCUT2D eigenvalue weighted by atomic mass is 19.1. The summed E-state index contributed by atoms with van der Waals surface area (Å²) < 4.78 is 20.8. The van der Waals surface area contributed by atoms with E-state index in [1.165, 1.54) is 26.3 Å². The van der Waals surface area contributed by atoms with Crippen LogP contribution in [0.4, 0.5) is 4.39 Å². The number of oxime groups is 1. The smallest absolute Gasteiger partial charge is 0.331 e. The maximum Gasteiger partial charge on any atom is 0.331 e. The molecule has 0 bridgehead atoms. The summed E-state index contributed by atoms with van der Waals surface area (Å²) in [5.41, 5.74) is -1.20. The summed E-state index contributed by atoms with van der Waals surface area (Å²) in [6.07, 6.45) is 1.22. The highest BCUT2D eigenvalue weighted by Gasteiger charge is 2.19. The fourth-order valence-electron chi connectivity index (χ4n) is 3.06. The molecule has 2 rings (SSSR count). The molecule has 0 unspecified atom stereocenters. The minimum atomic E-state index is -0.763. The van der Waals surface area contributed by atoms with Gasteiger partial charge in [0.1, 0.15) is 18.2 Å². The number of carbonyl (C=O) groups excluding carboxylic acids is 2. The number of aromatic nitrogens is 2. The third-order valence-corrected chi connectivity index (χ3v) is 4.89. The van der Waals surface area contributed by atoms with Gasteiger partial charge in [0.05, 0.1) is 30.5 Å². The number of nitrogens with one attached hydrogen (secondary N) is 1. The molecule has 1 heterocycles. The molecule has 0 aliphatic rings. The van der Waals surface area contributed by atoms with E-state index in [4.69, 9.17) is 9.57 Å². The van der Waals surface area contributed by atoms with E-state index in [-0.39, 0.29) is 54.1 Å². The Balaban J connectivity index is 2.51. The van der Waals surface area contributed by atoms with Crippen LogP contribution in [-0.2, 0) is 22.7 Å². The molecule has 1 aromatic heterocycles. The molecule has 0 radical (unpaired) electrons. The van der Waals surface area contributed by atoms with Crippen molar-refractivity contribution in [2.75, 3.05) is 20.3 Å². The van der Waals surface area contributed by atoms with Crippen LogP contribution in [0.2, 0.25) is 0 Å². The van der Waals surface area contributed by atoms with Crippen molar-refractivity contribution in [3.63, 3.8) is 0 Å². The van der Waals surface area contributed by atoms with Gasteiger partial charge in [-0.25, -0.2) is 9.18 Å². The number of amides is 1. The van der Waals surface area contributed by atoms with Crippen LogP contribution >= 0.6 is 0 Å². The van der Waals surface area contributed by atoms with Crippen LogP contribution in [0.25, 0.3) is 0 Å². The average Bonchev–Trinajstić information content (AvgIpc) is 2.80. The Morgan fingerprint density at radius 2 is 1.91 bits per heavy atom. The van der Waals surface area contributed by atoms with Gasteiger partial charge in [-0.2, -0.15) is 0 Å². The molecule has 1 aromatic carbocycles. The summed E-state index contributed by atoms with van der Waals surface area (Å²) in [6.45, 7) is 6.38. The van der Waals surface area contributed by atoms with E-state index in [0.717, 1.165) is 21.3 Å². The lowest BCUT2D eigenvalue weighted by Gasteiger charge is -2.14. The number of hydrogen-bond acceptors (Lipinski definition) is 7. The Morgan fingerprint density at radius 3 is 2.53 bits per heavy atom. The number of hydrogen-bond donors (Lipinski definition) is 1. The van der Waals surface area contributed by atoms with Crippen LogP contribution in [0.5, 0.6) is 5.75 Å². The molecule has 1 N–H and O–H groups in total. The lowest BCUT2D eigenvalue weighted by atomic mass is 10.1. The fraction of sp³-hybridized carbons (Fsp3) is 0.435. The number of benzene rings is 1. The standard InChI is InChI=1S/C23H29FN4O6/c1-6-34-26-15(4)18-12-27(13-19(29)17-11-16(24)7-8-20(17)33-5)23(32)28(22(18)31)10-9-25-21(30)14(2)3/h7-8,11-12,14H,6,9-10,13H2,1-5H3,(H,25,30)/b26-15+. The van der Waals surface area contributed by atoms with E-state index in [0.29, 0.717) is 0 Å². The van der Waals surface area contributed by atoms with E-state index in [9.17, 15) is 23.6 Å². The maximum atomic E-state index is 13.7. The molecule has 34 heavy (non-hydrogen) atoms. The first kappa shape index (κ1) is 26.5. The number of ether oxygens (including phenoxy) is 1. The highest BCUT2D eigenvalue weighted by molar-refractivity contribution is 5.99. The van der Waals surface area contributed by atoms with Crippen molar-refractivity contribution in [2.45, 2.75) is 40.8 Å². The quantitative estimate of drug-likeness (QED) is 0.299. The van der Waals surface area contributed by atoms with E-state index < -0.39 is 29.4 Å². The van der Waals surface area contributed by atoms with Gasteiger partial charge >= 0.3 is 5.69 Å². The Morgan fingerprint density at radius 1 is 1.21 bits per heavy atom. The van der Waals surface area contributed by atoms with Crippen LogP contribution in [0.1, 0.15) is 43.6 Å². The number of rotatable bonds is 11. The summed E-state index contributed by atoms with van der Waals surface area (Å²) in [5.74, 6) is -1.57. The van der Waals surface area contributed by atoms with E-state index in [1.807, 2.05) is 0 Å². The van der Waals surface area contributed by atoms with Gasteiger partial charge in [-0.3, -0.25) is 23.5 Å². The molecule has 0 atom stereocenters. The Kier molecular flexibility index (Phi) is 9.28. The van der Waals surface area contributed by atoms with Gasteiger partial charge in [0.2, 0.25) is 5.91 Å². The Labute approximate surface area is 196 Å². The molecule has 1 amide bonds. The van der Waals surface area contributed by atoms with Crippen molar-refractivity contribution in [3.8, 4) is 5.75 Å². The third-order valence-electron chi connectivity index (χ3n) is 4.89. The Hall–Kier alpha value is -3.76. The van der Waals surface area contributed by atoms with Crippen LogP contribution in [0, 0.1) is 11.7 Å². The second-order valence-corrected chi connectivity index (χ2v) is 7.72. The summed E-state index contributed by atoms with van der Waals surface area (Å²) >= 11 is 0. The number of methoxy groups -OCH3 is 1. The molecule has 11 heteroatoms. The van der Waals surface area contributed by atoms with Crippen molar-refractivity contribution in [1.82, 2.24) is 14.5 Å². The molecular weight excluding hydrogens is 447 g/mol. The molecule has 0 spiro atoms. The summed E-state index contributed by atoms with van der Waals surface area (Å²) in [7, 11) is 1.34. The number of carbonyl (C=O) groups is 2.